The molecular formula is C15H19NO4. The number of rotatable bonds is 5. The van der Waals surface area contributed by atoms with Crippen molar-refractivity contribution in [1.82, 2.24) is 0 Å². The maximum atomic E-state index is 12.0. The second-order valence-electron chi connectivity index (χ2n) is 5.43. The van der Waals surface area contributed by atoms with Gasteiger partial charge in [-0.05, 0) is 30.9 Å². The SMILES string of the molecule is CC1CCCC(OCC(=O)c2ccc([N+](=O)[O-])cc2)C1. The zero-order valence-electron chi connectivity index (χ0n) is 11.6. The number of non-ortho nitro benzene ring substituents is 1. The molecule has 20 heavy (non-hydrogen) atoms. The molecule has 1 aromatic rings. The normalized spacial score (nSPS) is 22.4. The second kappa shape index (κ2) is 6.61. The summed E-state index contributed by atoms with van der Waals surface area (Å²) >= 11 is 0. The van der Waals surface area contributed by atoms with E-state index in [0.29, 0.717) is 11.5 Å². The smallest absolute Gasteiger partial charge is 0.269 e. The predicted molar refractivity (Wildman–Crippen MR) is 74.8 cm³/mol. The van der Waals surface area contributed by atoms with Crippen LogP contribution in [-0.2, 0) is 4.74 Å². The molecule has 1 saturated carbocycles. The minimum atomic E-state index is -0.478. The Morgan fingerprint density at radius 2 is 2.05 bits per heavy atom. The van der Waals surface area contributed by atoms with Crippen molar-refractivity contribution in [1.29, 1.82) is 0 Å². The molecule has 0 N–H and O–H groups in total. The van der Waals surface area contributed by atoms with E-state index in [2.05, 4.69) is 6.92 Å². The quantitative estimate of drug-likeness (QED) is 0.470. The van der Waals surface area contributed by atoms with Crippen molar-refractivity contribution in [3.8, 4) is 0 Å². The summed E-state index contributed by atoms with van der Waals surface area (Å²) in [5, 5.41) is 10.5. The largest absolute Gasteiger partial charge is 0.370 e. The molecule has 0 amide bonds. The summed E-state index contributed by atoms with van der Waals surface area (Å²) in [7, 11) is 0. The van der Waals surface area contributed by atoms with Gasteiger partial charge in [0.15, 0.2) is 5.78 Å². The van der Waals surface area contributed by atoms with E-state index in [-0.39, 0.29) is 24.2 Å². The van der Waals surface area contributed by atoms with Crippen molar-refractivity contribution in [2.24, 2.45) is 5.92 Å². The van der Waals surface area contributed by atoms with Gasteiger partial charge in [-0.3, -0.25) is 14.9 Å². The van der Waals surface area contributed by atoms with E-state index >= 15 is 0 Å². The van der Waals surface area contributed by atoms with Crippen LogP contribution in [0.15, 0.2) is 24.3 Å². The van der Waals surface area contributed by atoms with E-state index < -0.39 is 4.92 Å². The first-order chi connectivity index (χ1) is 9.56. The third-order valence-corrected chi connectivity index (χ3v) is 3.74. The van der Waals surface area contributed by atoms with Crippen LogP contribution in [0, 0.1) is 16.0 Å². The van der Waals surface area contributed by atoms with Crippen molar-refractivity contribution in [3.05, 3.63) is 39.9 Å². The summed E-state index contributed by atoms with van der Waals surface area (Å²) in [6.07, 6.45) is 4.57. The Morgan fingerprint density at radius 3 is 2.65 bits per heavy atom. The van der Waals surface area contributed by atoms with Crippen LogP contribution in [0.3, 0.4) is 0 Å². The van der Waals surface area contributed by atoms with Gasteiger partial charge in [0.25, 0.3) is 5.69 Å². The van der Waals surface area contributed by atoms with E-state index in [0.717, 1.165) is 19.3 Å². The summed E-state index contributed by atoms with van der Waals surface area (Å²) in [6, 6.07) is 5.65. The average molecular weight is 277 g/mol. The molecule has 0 heterocycles. The minimum Gasteiger partial charge on any atom is -0.370 e. The lowest BCUT2D eigenvalue weighted by Crippen LogP contribution is -2.24. The highest BCUT2D eigenvalue weighted by molar-refractivity contribution is 5.97. The Bertz CT molecular complexity index is 483. The number of hydrogen-bond acceptors (Lipinski definition) is 4. The highest BCUT2D eigenvalue weighted by Crippen LogP contribution is 2.25. The van der Waals surface area contributed by atoms with Crippen molar-refractivity contribution < 1.29 is 14.5 Å². The lowest BCUT2D eigenvalue weighted by atomic mass is 9.89. The van der Waals surface area contributed by atoms with Crippen LogP contribution in [-0.4, -0.2) is 23.4 Å². The molecule has 0 bridgehead atoms. The Morgan fingerprint density at radius 1 is 1.35 bits per heavy atom. The number of nitrogens with zero attached hydrogens (tertiary/aromatic N) is 1. The molecule has 0 aromatic heterocycles. The fraction of sp³-hybridized carbons (Fsp3) is 0.533. The van der Waals surface area contributed by atoms with Crippen molar-refractivity contribution in [2.75, 3.05) is 6.61 Å². The van der Waals surface area contributed by atoms with Crippen LogP contribution >= 0.6 is 0 Å². The molecule has 2 rings (SSSR count). The zero-order chi connectivity index (χ0) is 14.5. The number of hydrogen-bond donors (Lipinski definition) is 0. The molecule has 1 aliphatic carbocycles. The molecule has 1 fully saturated rings. The summed E-state index contributed by atoms with van der Waals surface area (Å²) in [6.45, 7) is 2.25. The Kier molecular flexibility index (Phi) is 4.84. The summed E-state index contributed by atoms with van der Waals surface area (Å²) in [5.74, 6) is 0.529. The highest BCUT2D eigenvalue weighted by Gasteiger charge is 2.20. The number of ether oxygens (including phenoxy) is 1. The average Bonchev–Trinajstić information content (AvgIpc) is 2.45. The van der Waals surface area contributed by atoms with Crippen molar-refractivity contribution in [3.63, 3.8) is 0 Å². The Balaban J connectivity index is 1.86. The zero-order valence-corrected chi connectivity index (χ0v) is 11.6. The Labute approximate surface area is 118 Å². The van der Waals surface area contributed by atoms with Gasteiger partial charge in [0, 0.05) is 17.7 Å². The molecule has 1 aromatic carbocycles. The Hall–Kier alpha value is -1.75. The van der Waals surface area contributed by atoms with Gasteiger partial charge < -0.3 is 4.74 Å². The molecule has 0 radical (unpaired) electrons. The van der Waals surface area contributed by atoms with E-state index in [1.807, 2.05) is 0 Å². The number of carbonyl (C=O) groups excluding carboxylic acids is 1. The van der Waals surface area contributed by atoms with Gasteiger partial charge in [-0.25, -0.2) is 0 Å². The van der Waals surface area contributed by atoms with E-state index in [1.54, 1.807) is 0 Å². The molecule has 0 saturated heterocycles. The number of benzene rings is 1. The van der Waals surface area contributed by atoms with Gasteiger partial charge >= 0.3 is 0 Å². The standard InChI is InChI=1S/C15H19NO4/c1-11-3-2-4-14(9-11)20-10-15(17)12-5-7-13(8-6-12)16(18)19/h5-8,11,14H,2-4,9-10H2,1H3. The topological polar surface area (TPSA) is 69.4 Å². The monoisotopic (exact) mass is 277 g/mol. The van der Waals surface area contributed by atoms with Crippen LogP contribution in [0.1, 0.15) is 43.0 Å². The maximum Gasteiger partial charge on any atom is 0.269 e. The number of carbonyl (C=O) groups is 1. The van der Waals surface area contributed by atoms with Gasteiger partial charge in [-0.2, -0.15) is 0 Å². The third kappa shape index (κ3) is 3.87. The third-order valence-electron chi connectivity index (χ3n) is 3.74. The van der Waals surface area contributed by atoms with Crippen LogP contribution in [0.5, 0.6) is 0 Å². The van der Waals surface area contributed by atoms with Gasteiger partial charge in [0.2, 0.25) is 0 Å². The lowest BCUT2D eigenvalue weighted by Gasteiger charge is -2.26. The first-order valence-corrected chi connectivity index (χ1v) is 6.95. The molecule has 5 nitrogen and oxygen atoms in total. The van der Waals surface area contributed by atoms with Gasteiger partial charge in [0.05, 0.1) is 11.0 Å². The van der Waals surface area contributed by atoms with Crippen LogP contribution < -0.4 is 0 Å². The fourth-order valence-corrected chi connectivity index (χ4v) is 2.58. The number of nitro groups is 1. The van der Waals surface area contributed by atoms with Gasteiger partial charge in [-0.1, -0.05) is 19.8 Å². The highest BCUT2D eigenvalue weighted by atomic mass is 16.6. The number of ketones is 1. The number of Topliss-reactive ketones (excluding diaryl/α,β-unsaturated/α-hetero) is 1. The van der Waals surface area contributed by atoms with E-state index in [1.165, 1.54) is 30.7 Å². The van der Waals surface area contributed by atoms with Gasteiger partial charge in [-0.15, -0.1) is 0 Å². The minimum absolute atomic E-state index is 0.0106. The molecule has 0 aliphatic heterocycles. The molecule has 0 spiro atoms. The molecule has 5 heteroatoms. The van der Waals surface area contributed by atoms with Crippen LogP contribution in [0.4, 0.5) is 5.69 Å². The first-order valence-electron chi connectivity index (χ1n) is 6.95. The first kappa shape index (κ1) is 14.7. The van der Waals surface area contributed by atoms with E-state index in [4.69, 9.17) is 4.74 Å². The van der Waals surface area contributed by atoms with Crippen molar-refractivity contribution >= 4 is 11.5 Å². The van der Waals surface area contributed by atoms with Gasteiger partial charge in [0.1, 0.15) is 6.61 Å². The predicted octanol–water partition coefficient (Wildman–Crippen LogP) is 3.37. The summed E-state index contributed by atoms with van der Waals surface area (Å²) in [5.41, 5.74) is 0.447. The molecular weight excluding hydrogens is 258 g/mol. The molecule has 1 aliphatic rings. The summed E-state index contributed by atoms with van der Waals surface area (Å²) in [4.78, 5) is 22.0. The lowest BCUT2D eigenvalue weighted by molar-refractivity contribution is -0.384. The second-order valence-corrected chi connectivity index (χ2v) is 5.43. The molecule has 2 atom stereocenters. The fourth-order valence-electron chi connectivity index (χ4n) is 2.58. The maximum absolute atomic E-state index is 12.0. The van der Waals surface area contributed by atoms with Crippen LogP contribution in [0.2, 0.25) is 0 Å². The number of nitro benzene ring substituents is 1. The summed E-state index contributed by atoms with van der Waals surface area (Å²) < 4.78 is 5.66. The van der Waals surface area contributed by atoms with E-state index in [9.17, 15) is 14.9 Å². The van der Waals surface area contributed by atoms with Crippen LogP contribution in [0.25, 0.3) is 0 Å². The molecule has 2 unspecified atom stereocenters. The molecule has 108 valence electrons. The van der Waals surface area contributed by atoms with Crippen molar-refractivity contribution in [2.45, 2.75) is 38.7 Å².